The van der Waals surface area contributed by atoms with Crippen molar-refractivity contribution in [3.63, 3.8) is 0 Å². The molecule has 10 heteroatoms. The summed E-state index contributed by atoms with van der Waals surface area (Å²) in [6.07, 6.45) is 0. The number of nitrogens with one attached hydrogen (secondary N) is 2. The molecule has 0 unspecified atom stereocenters. The second-order valence-corrected chi connectivity index (χ2v) is 6.13. The molecule has 0 aliphatic rings. The van der Waals surface area contributed by atoms with Gasteiger partial charge in [0.25, 0.3) is 0 Å². The molecule has 2 aromatic heterocycles. The minimum atomic E-state index is -0.225. The standard InChI is InChI=1S/C16H17N5O4S/c1-9-6-13(21-25-9)17-14(22)8-26-16-18-15(19-20-16)11-5-4-10(23-2)7-12(11)24-3/h4-7H,8H2,1-3H3,(H,17,21,22)(H,18,19,20). The van der Waals surface area contributed by atoms with Crippen molar-refractivity contribution in [1.29, 1.82) is 0 Å². The van der Waals surface area contributed by atoms with Gasteiger partial charge >= 0.3 is 0 Å². The Hall–Kier alpha value is -3.01. The van der Waals surface area contributed by atoms with Crippen LogP contribution in [0.3, 0.4) is 0 Å². The van der Waals surface area contributed by atoms with Crippen molar-refractivity contribution in [2.75, 3.05) is 25.3 Å². The fourth-order valence-electron chi connectivity index (χ4n) is 2.16. The van der Waals surface area contributed by atoms with Crippen LogP contribution in [0.5, 0.6) is 11.5 Å². The third kappa shape index (κ3) is 4.14. The number of thioether (sulfide) groups is 1. The molecule has 0 bridgehead atoms. The summed E-state index contributed by atoms with van der Waals surface area (Å²) in [6, 6.07) is 7.04. The molecule has 9 nitrogen and oxygen atoms in total. The van der Waals surface area contributed by atoms with Crippen LogP contribution < -0.4 is 14.8 Å². The number of amides is 1. The van der Waals surface area contributed by atoms with Gasteiger partial charge in [0.15, 0.2) is 11.6 Å². The number of rotatable bonds is 7. The Kier molecular flexibility index (Phi) is 5.42. The van der Waals surface area contributed by atoms with Crippen molar-refractivity contribution in [1.82, 2.24) is 20.3 Å². The van der Waals surface area contributed by atoms with Gasteiger partial charge in [-0.3, -0.25) is 9.89 Å². The molecule has 0 saturated carbocycles. The molecule has 1 amide bonds. The van der Waals surface area contributed by atoms with E-state index in [0.29, 0.717) is 34.1 Å². The van der Waals surface area contributed by atoms with E-state index in [4.69, 9.17) is 14.0 Å². The molecule has 0 aliphatic carbocycles. The molecule has 3 aromatic rings. The van der Waals surface area contributed by atoms with Crippen LogP contribution in [0.4, 0.5) is 5.82 Å². The third-order valence-corrected chi connectivity index (χ3v) is 4.20. The van der Waals surface area contributed by atoms with E-state index in [-0.39, 0.29) is 11.7 Å². The van der Waals surface area contributed by atoms with Crippen molar-refractivity contribution in [2.24, 2.45) is 0 Å². The first-order valence-corrected chi connectivity index (χ1v) is 8.58. The number of nitrogens with zero attached hydrogens (tertiary/aromatic N) is 3. The maximum Gasteiger partial charge on any atom is 0.236 e. The summed E-state index contributed by atoms with van der Waals surface area (Å²) < 4.78 is 15.4. The highest BCUT2D eigenvalue weighted by Crippen LogP contribution is 2.31. The highest BCUT2D eigenvalue weighted by Gasteiger charge is 2.14. The zero-order valence-corrected chi connectivity index (χ0v) is 15.2. The fraction of sp³-hybridized carbons (Fsp3) is 0.250. The number of hydrogen-bond acceptors (Lipinski definition) is 8. The first kappa shape index (κ1) is 17.8. The summed E-state index contributed by atoms with van der Waals surface area (Å²) in [5.41, 5.74) is 0.746. The maximum atomic E-state index is 11.9. The fourth-order valence-corrected chi connectivity index (χ4v) is 2.76. The lowest BCUT2D eigenvalue weighted by molar-refractivity contribution is -0.113. The summed E-state index contributed by atoms with van der Waals surface area (Å²) in [4.78, 5) is 16.3. The lowest BCUT2D eigenvalue weighted by Gasteiger charge is -2.07. The van der Waals surface area contributed by atoms with Gasteiger partial charge in [0.05, 0.1) is 25.5 Å². The van der Waals surface area contributed by atoms with Crippen LogP contribution in [-0.4, -0.2) is 46.2 Å². The number of hydrogen-bond donors (Lipinski definition) is 2. The topological polar surface area (TPSA) is 115 Å². The first-order valence-electron chi connectivity index (χ1n) is 7.60. The minimum Gasteiger partial charge on any atom is -0.497 e. The Bertz CT molecular complexity index is 908. The predicted molar refractivity (Wildman–Crippen MR) is 95.5 cm³/mol. The lowest BCUT2D eigenvalue weighted by atomic mass is 10.2. The zero-order chi connectivity index (χ0) is 18.5. The van der Waals surface area contributed by atoms with Crippen LogP contribution in [0.25, 0.3) is 11.4 Å². The van der Waals surface area contributed by atoms with Crippen molar-refractivity contribution >= 4 is 23.5 Å². The van der Waals surface area contributed by atoms with Gasteiger partial charge in [0, 0.05) is 12.1 Å². The Labute approximate surface area is 153 Å². The van der Waals surface area contributed by atoms with Crippen LogP contribution in [-0.2, 0) is 4.79 Å². The normalized spacial score (nSPS) is 10.6. The number of anilines is 1. The van der Waals surface area contributed by atoms with Crippen LogP contribution in [0.2, 0.25) is 0 Å². The van der Waals surface area contributed by atoms with Gasteiger partial charge in [-0.25, -0.2) is 4.98 Å². The van der Waals surface area contributed by atoms with Gasteiger partial charge in [0.1, 0.15) is 17.3 Å². The van der Waals surface area contributed by atoms with E-state index >= 15 is 0 Å². The third-order valence-electron chi connectivity index (χ3n) is 3.36. The van der Waals surface area contributed by atoms with Crippen molar-refractivity contribution < 1.29 is 18.8 Å². The van der Waals surface area contributed by atoms with E-state index in [0.717, 1.165) is 5.56 Å². The molecule has 26 heavy (non-hydrogen) atoms. The summed E-state index contributed by atoms with van der Waals surface area (Å²) >= 11 is 1.20. The molecule has 0 spiro atoms. The molecule has 0 saturated heterocycles. The number of carbonyl (C=O) groups excluding carboxylic acids is 1. The summed E-state index contributed by atoms with van der Waals surface area (Å²) in [5.74, 6) is 2.75. The van der Waals surface area contributed by atoms with E-state index < -0.39 is 0 Å². The van der Waals surface area contributed by atoms with E-state index in [2.05, 4.69) is 25.7 Å². The van der Waals surface area contributed by atoms with Gasteiger partial charge in [-0.15, -0.1) is 5.10 Å². The number of carbonyl (C=O) groups is 1. The zero-order valence-electron chi connectivity index (χ0n) is 14.4. The molecular weight excluding hydrogens is 358 g/mol. The maximum absolute atomic E-state index is 11.9. The van der Waals surface area contributed by atoms with Gasteiger partial charge in [0.2, 0.25) is 11.1 Å². The highest BCUT2D eigenvalue weighted by molar-refractivity contribution is 7.99. The summed E-state index contributed by atoms with van der Waals surface area (Å²) in [5, 5.41) is 13.8. The summed E-state index contributed by atoms with van der Waals surface area (Å²) in [7, 11) is 3.16. The molecule has 0 radical (unpaired) electrons. The molecule has 0 fully saturated rings. The smallest absolute Gasteiger partial charge is 0.236 e. The van der Waals surface area contributed by atoms with Gasteiger partial charge < -0.3 is 19.3 Å². The lowest BCUT2D eigenvalue weighted by Crippen LogP contribution is -2.14. The molecule has 136 valence electrons. The average molecular weight is 375 g/mol. The number of methoxy groups -OCH3 is 2. The molecule has 3 rings (SSSR count). The number of benzene rings is 1. The molecule has 1 aromatic carbocycles. The second-order valence-electron chi connectivity index (χ2n) is 5.19. The molecule has 2 heterocycles. The number of aryl methyl sites for hydroxylation is 1. The number of aromatic nitrogens is 4. The van der Waals surface area contributed by atoms with Crippen LogP contribution in [0.15, 0.2) is 33.9 Å². The highest BCUT2D eigenvalue weighted by atomic mass is 32.2. The van der Waals surface area contributed by atoms with Gasteiger partial charge in [-0.1, -0.05) is 16.9 Å². The number of aromatic amines is 1. The van der Waals surface area contributed by atoms with E-state index in [1.807, 2.05) is 6.07 Å². The van der Waals surface area contributed by atoms with Crippen LogP contribution in [0.1, 0.15) is 5.76 Å². The average Bonchev–Trinajstić information content (AvgIpc) is 3.28. The summed E-state index contributed by atoms with van der Waals surface area (Å²) in [6.45, 7) is 1.75. The first-order chi connectivity index (χ1) is 12.6. The number of H-pyrrole nitrogens is 1. The predicted octanol–water partition coefficient (Wildman–Crippen LogP) is 2.52. The van der Waals surface area contributed by atoms with E-state index in [1.165, 1.54) is 11.8 Å². The van der Waals surface area contributed by atoms with Gasteiger partial charge in [-0.2, -0.15) is 0 Å². The van der Waals surface area contributed by atoms with Crippen LogP contribution >= 0.6 is 11.8 Å². The number of ether oxygens (including phenoxy) is 2. The second kappa shape index (κ2) is 7.91. The molecule has 0 atom stereocenters. The van der Waals surface area contributed by atoms with Crippen molar-refractivity contribution in [3.8, 4) is 22.9 Å². The largest absolute Gasteiger partial charge is 0.497 e. The van der Waals surface area contributed by atoms with E-state index in [9.17, 15) is 4.79 Å². The quantitative estimate of drug-likeness (QED) is 0.605. The Morgan fingerprint density at radius 1 is 1.31 bits per heavy atom. The Balaban J connectivity index is 1.64. The van der Waals surface area contributed by atoms with E-state index in [1.54, 1.807) is 39.3 Å². The molecule has 2 N–H and O–H groups in total. The SMILES string of the molecule is COc1ccc(-c2nc(SCC(=O)Nc3cc(C)on3)n[nH]2)c(OC)c1. The molecular formula is C16H17N5O4S. The van der Waals surface area contributed by atoms with Crippen molar-refractivity contribution in [3.05, 3.63) is 30.0 Å². The Morgan fingerprint density at radius 3 is 2.85 bits per heavy atom. The molecule has 0 aliphatic heterocycles. The van der Waals surface area contributed by atoms with Crippen molar-refractivity contribution in [2.45, 2.75) is 12.1 Å². The van der Waals surface area contributed by atoms with Crippen LogP contribution in [0, 0.1) is 6.92 Å². The Morgan fingerprint density at radius 2 is 2.15 bits per heavy atom. The van der Waals surface area contributed by atoms with Gasteiger partial charge in [-0.05, 0) is 19.1 Å². The monoisotopic (exact) mass is 375 g/mol. The minimum absolute atomic E-state index is 0.142.